The number of nitrogens with zero attached hydrogens (tertiary/aromatic N) is 1. The van der Waals surface area contributed by atoms with Gasteiger partial charge in [0.1, 0.15) is 5.82 Å². The standard InChI is InChI=1S/C24H30FN5O/c1-4-16(2)30-23(31)18-7-5-17(6-8-18)14-29-24(26-3)27-12-11-19-15-28-22-10-9-20(25)13-21(19)22/h5-10,13,15-16,28H,4,11-12,14H2,1-3H3,(H,30,31)(H2,26,27,29). The zero-order valence-corrected chi connectivity index (χ0v) is 18.3. The molecular formula is C24H30FN5O. The fraction of sp³-hybridized carbons (Fsp3) is 0.333. The number of nitrogens with one attached hydrogen (secondary N) is 4. The Balaban J connectivity index is 1.48. The van der Waals surface area contributed by atoms with E-state index in [1.165, 1.54) is 6.07 Å². The largest absolute Gasteiger partial charge is 0.361 e. The molecule has 0 aliphatic carbocycles. The number of carbonyl (C=O) groups is 1. The second-order valence-electron chi connectivity index (χ2n) is 7.59. The van der Waals surface area contributed by atoms with Gasteiger partial charge in [0, 0.05) is 48.8 Å². The van der Waals surface area contributed by atoms with Crippen molar-refractivity contribution in [3.63, 3.8) is 0 Å². The normalized spacial score (nSPS) is 12.6. The number of aromatic amines is 1. The molecule has 0 aliphatic rings. The topological polar surface area (TPSA) is 81.3 Å². The molecule has 0 aliphatic heterocycles. The highest BCUT2D eigenvalue weighted by atomic mass is 19.1. The lowest BCUT2D eigenvalue weighted by Crippen LogP contribution is -2.37. The first-order valence-corrected chi connectivity index (χ1v) is 10.6. The summed E-state index contributed by atoms with van der Waals surface area (Å²) < 4.78 is 13.5. The maximum Gasteiger partial charge on any atom is 0.251 e. The third kappa shape index (κ3) is 6.07. The number of hydrogen-bond donors (Lipinski definition) is 4. The van der Waals surface area contributed by atoms with E-state index < -0.39 is 0 Å². The van der Waals surface area contributed by atoms with Gasteiger partial charge in [0.05, 0.1) is 0 Å². The number of halogens is 1. The smallest absolute Gasteiger partial charge is 0.251 e. The molecule has 0 fully saturated rings. The van der Waals surface area contributed by atoms with E-state index in [9.17, 15) is 9.18 Å². The molecule has 31 heavy (non-hydrogen) atoms. The average molecular weight is 424 g/mol. The number of aliphatic imine (C=N–C) groups is 1. The van der Waals surface area contributed by atoms with Crippen LogP contribution in [0.2, 0.25) is 0 Å². The van der Waals surface area contributed by atoms with E-state index in [0.29, 0.717) is 24.6 Å². The second kappa shape index (κ2) is 10.6. The highest BCUT2D eigenvalue weighted by molar-refractivity contribution is 5.94. The second-order valence-corrected chi connectivity index (χ2v) is 7.59. The Bertz CT molecular complexity index is 1040. The Kier molecular flexibility index (Phi) is 7.65. The van der Waals surface area contributed by atoms with Crippen molar-refractivity contribution in [3.05, 3.63) is 71.2 Å². The molecule has 6 nitrogen and oxygen atoms in total. The molecule has 1 heterocycles. The van der Waals surface area contributed by atoms with Gasteiger partial charge in [-0.15, -0.1) is 0 Å². The Morgan fingerprint density at radius 1 is 1.16 bits per heavy atom. The molecule has 3 aromatic rings. The summed E-state index contributed by atoms with van der Waals surface area (Å²) in [6, 6.07) is 12.5. The van der Waals surface area contributed by atoms with Gasteiger partial charge in [-0.05, 0) is 61.2 Å². The van der Waals surface area contributed by atoms with Crippen molar-refractivity contribution < 1.29 is 9.18 Å². The summed E-state index contributed by atoms with van der Waals surface area (Å²) in [5.74, 6) is 0.398. The zero-order chi connectivity index (χ0) is 22.2. The molecule has 164 valence electrons. The highest BCUT2D eigenvalue weighted by Crippen LogP contribution is 2.19. The Morgan fingerprint density at radius 3 is 2.65 bits per heavy atom. The Hall–Kier alpha value is -3.35. The summed E-state index contributed by atoms with van der Waals surface area (Å²) in [5, 5.41) is 10.4. The third-order valence-corrected chi connectivity index (χ3v) is 5.31. The van der Waals surface area contributed by atoms with Crippen LogP contribution in [-0.4, -0.2) is 36.5 Å². The van der Waals surface area contributed by atoms with Crippen LogP contribution in [-0.2, 0) is 13.0 Å². The van der Waals surface area contributed by atoms with E-state index in [1.54, 1.807) is 19.2 Å². The number of carbonyl (C=O) groups excluding carboxylic acids is 1. The molecule has 0 saturated carbocycles. The summed E-state index contributed by atoms with van der Waals surface area (Å²) in [7, 11) is 1.72. The lowest BCUT2D eigenvalue weighted by Gasteiger charge is -2.13. The van der Waals surface area contributed by atoms with Gasteiger partial charge >= 0.3 is 0 Å². The van der Waals surface area contributed by atoms with E-state index in [2.05, 4.69) is 25.9 Å². The van der Waals surface area contributed by atoms with Crippen molar-refractivity contribution in [1.29, 1.82) is 0 Å². The molecule has 2 aromatic carbocycles. The number of H-pyrrole nitrogens is 1. The fourth-order valence-electron chi connectivity index (χ4n) is 3.26. The average Bonchev–Trinajstić information content (AvgIpc) is 3.18. The Labute approximate surface area is 182 Å². The summed E-state index contributed by atoms with van der Waals surface area (Å²) in [4.78, 5) is 19.6. The fourth-order valence-corrected chi connectivity index (χ4v) is 3.26. The van der Waals surface area contributed by atoms with Crippen molar-refractivity contribution in [1.82, 2.24) is 20.9 Å². The van der Waals surface area contributed by atoms with E-state index in [4.69, 9.17) is 0 Å². The number of fused-ring (bicyclic) bond motifs is 1. The summed E-state index contributed by atoms with van der Waals surface area (Å²) in [5.41, 5.74) is 3.70. The quantitative estimate of drug-likeness (QED) is 0.329. The Morgan fingerprint density at radius 2 is 1.94 bits per heavy atom. The predicted octanol–water partition coefficient (Wildman–Crippen LogP) is 3.74. The first kappa shape index (κ1) is 22.3. The van der Waals surface area contributed by atoms with Crippen LogP contribution in [0.25, 0.3) is 10.9 Å². The molecule has 7 heteroatoms. The molecule has 1 aromatic heterocycles. The van der Waals surface area contributed by atoms with Gasteiger partial charge in [-0.3, -0.25) is 9.79 Å². The van der Waals surface area contributed by atoms with Gasteiger partial charge in [-0.2, -0.15) is 0 Å². The van der Waals surface area contributed by atoms with Crippen molar-refractivity contribution in [3.8, 4) is 0 Å². The summed E-state index contributed by atoms with van der Waals surface area (Å²) in [6.45, 7) is 5.29. The van der Waals surface area contributed by atoms with Gasteiger partial charge in [0.2, 0.25) is 0 Å². The molecule has 3 rings (SSSR count). The van der Waals surface area contributed by atoms with Gasteiger partial charge in [0.15, 0.2) is 5.96 Å². The van der Waals surface area contributed by atoms with Crippen molar-refractivity contribution in [2.24, 2.45) is 4.99 Å². The monoisotopic (exact) mass is 423 g/mol. The minimum Gasteiger partial charge on any atom is -0.361 e. The van der Waals surface area contributed by atoms with Crippen LogP contribution >= 0.6 is 0 Å². The summed E-state index contributed by atoms with van der Waals surface area (Å²) >= 11 is 0. The molecule has 1 atom stereocenters. The molecule has 0 saturated heterocycles. The molecule has 0 spiro atoms. The number of hydrogen-bond acceptors (Lipinski definition) is 2. The van der Waals surface area contributed by atoms with Crippen molar-refractivity contribution >= 4 is 22.8 Å². The van der Waals surface area contributed by atoms with E-state index in [0.717, 1.165) is 34.9 Å². The van der Waals surface area contributed by atoms with Crippen LogP contribution in [0.1, 0.15) is 41.8 Å². The maximum absolute atomic E-state index is 13.5. The first-order chi connectivity index (χ1) is 15.0. The van der Waals surface area contributed by atoms with Crippen LogP contribution in [0, 0.1) is 5.82 Å². The van der Waals surface area contributed by atoms with Gasteiger partial charge in [-0.25, -0.2) is 4.39 Å². The highest BCUT2D eigenvalue weighted by Gasteiger charge is 2.09. The summed E-state index contributed by atoms with van der Waals surface area (Å²) in [6.07, 6.45) is 3.56. The number of benzene rings is 2. The first-order valence-electron chi connectivity index (χ1n) is 10.6. The zero-order valence-electron chi connectivity index (χ0n) is 18.3. The molecule has 4 N–H and O–H groups in total. The van der Waals surface area contributed by atoms with Gasteiger partial charge in [0.25, 0.3) is 5.91 Å². The van der Waals surface area contributed by atoms with Crippen LogP contribution in [0.5, 0.6) is 0 Å². The number of rotatable bonds is 8. The van der Waals surface area contributed by atoms with Gasteiger partial charge < -0.3 is 20.9 Å². The number of amides is 1. The van der Waals surface area contributed by atoms with Crippen LogP contribution in [0.4, 0.5) is 4.39 Å². The molecule has 0 radical (unpaired) electrons. The molecule has 0 bridgehead atoms. The molecular weight excluding hydrogens is 393 g/mol. The third-order valence-electron chi connectivity index (χ3n) is 5.31. The molecule has 1 amide bonds. The predicted molar refractivity (Wildman–Crippen MR) is 124 cm³/mol. The van der Waals surface area contributed by atoms with Crippen LogP contribution in [0.15, 0.2) is 53.7 Å². The van der Waals surface area contributed by atoms with Crippen LogP contribution in [0.3, 0.4) is 0 Å². The van der Waals surface area contributed by atoms with Crippen molar-refractivity contribution in [2.75, 3.05) is 13.6 Å². The lowest BCUT2D eigenvalue weighted by molar-refractivity contribution is 0.0939. The lowest BCUT2D eigenvalue weighted by atomic mass is 10.1. The number of guanidine groups is 1. The van der Waals surface area contributed by atoms with E-state index in [-0.39, 0.29) is 17.8 Å². The SMILES string of the molecule is CCC(C)NC(=O)c1ccc(CNC(=NC)NCCc2c[nH]c3ccc(F)cc23)cc1. The van der Waals surface area contributed by atoms with Crippen molar-refractivity contribution in [2.45, 2.75) is 39.3 Å². The number of aromatic nitrogens is 1. The van der Waals surface area contributed by atoms with Crippen LogP contribution < -0.4 is 16.0 Å². The van der Waals surface area contributed by atoms with E-state index in [1.807, 2.05) is 44.3 Å². The maximum atomic E-state index is 13.5. The minimum absolute atomic E-state index is 0.0523. The molecule has 1 unspecified atom stereocenters. The van der Waals surface area contributed by atoms with E-state index >= 15 is 0 Å². The van der Waals surface area contributed by atoms with Gasteiger partial charge in [-0.1, -0.05) is 19.1 Å². The minimum atomic E-state index is -0.234.